The zero-order valence-electron chi connectivity index (χ0n) is 12.0. The summed E-state index contributed by atoms with van der Waals surface area (Å²) >= 11 is 0. The number of amides is 1. The van der Waals surface area contributed by atoms with E-state index in [1.807, 2.05) is 25.8 Å². The van der Waals surface area contributed by atoms with Crippen LogP contribution < -0.4 is 10.6 Å². The number of nitrogens with zero attached hydrogens (tertiary/aromatic N) is 1. The average molecular weight is 261 g/mol. The van der Waals surface area contributed by atoms with Crippen LogP contribution in [0.1, 0.15) is 25.0 Å². The van der Waals surface area contributed by atoms with E-state index >= 15 is 0 Å². The van der Waals surface area contributed by atoms with Crippen molar-refractivity contribution in [1.82, 2.24) is 10.2 Å². The molecule has 1 aliphatic heterocycles. The van der Waals surface area contributed by atoms with Crippen molar-refractivity contribution >= 4 is 11.6 Å². The van der Waals surface area contributed by atoms with Gasteiger partial charge in [0.25, 0.3) is 0 Å². The predicted octanol–water partition coefficient (Wildman–Crippen LogP) is 1.61. The Bertz CT molecular complexity index is 457. The van der Waals surface area contributed by atoms with Gasteiger partial charge in [0, 0.05) is 24.8 Å². The summed E-state index contributed by atoms with van der Waals surface area (Å²) in [5, 5.41) is 6.35. The minimum atomic E-state index is 0.0815. The Hall–Kier alpha value is -1.55. The molecular weight excluding hydrogens is 238 g/mol. The Labute approximate surface area is 115 Å². The highest BCUT2D eigenvalue weighted by molar-refractivity contribution is 5.78. The van der Waals surface area contributed by atoms with E-state index in [1.54, 1.807) is 0 Å². The van der Waals surface area contributed by atoms with Crippen molar-refractivity contribution < 1.29 is 4.79 Å². The molecule has 4 heteroatoms. The molecule has 0 saturated carbocycles. The third kappa shape index (κ3) is 3.70. The quantitative estimate of drug-likeness (QED) is 0.846. The summed E-state index contributed by atoms with van der Waals surface area (Å²) in [6.45, 7) is 6.20. The highest BCUT2D eigenvalue weighted by Crippen LogP contribution is 2.26. The van der Waals surface area contributed by atoms with E-state index < -0.39 is 0 Å². The molecule has 0 aromatic heterocycles. The fourth-order valence-electron chi connectivity index (χ4n) is 2.50. The van der Waals surface area contributed by atoms with Crippen LogP contribution in [0.15, 0.2) is 18.2 Å². The van der Waals surface area contributed by atoms with E-state index in [-0.39, 0.29) is 11.9 Å². The third-order valence-corrected chi connectivity index (χ3v) is 3.24. The maximum Gasteiger partial charge on any atom is 0.234 e. The van der Waals surface area contributed by atoms with Gasteiger partial charge in [-0.1, -0.05) is 18.2 Å². The van der Waals surface area contributed by atoms with E-state index in [0.717, 1.165) is 19.5 Å². The van der Waals surface area contributed by atoms with Gasteiger partial charge in [0.05, 0.1) is 6.54 Å². The van der Waals surface area contributed by atoms with Crippen molar-refractivity contribution in [2.75, 3.05) is 25.5 Å². The number of carbonyl (C=O) groups is 1. The Balaban J connectivity index is 1.94. The van der Waals surface area contributed by atoms with Gasteiger partial charge in [-0.2, -0.15) is 0 Å². The topological polar surface area (TPSA) is 44.4 Å². The number of nitrogens with one attached hydrogen (secondary N) is 2. The molecule has 2 N–H and O–H groups in total. The van der Waals surface area contributed by atoms with Crippen molar-refractivity contribution in [3.8, 4) is 0 Å². The molecule has 0 saturated heterocycles. The van der Waals surface area contributed by atoms with Crippen LogP contribution in [-0.4, -0.2) is 37.0 Å². The van der Waals surface area contributed by atoms with Gasteiger partial charge >= 0.3 is 0 Å². The second kappa shape index (κ2) is 6.06. The molecule has 1 amide bonds. The monoisotopic (exact) mass is 261 g/mol. The number of benzene rings is 1. The van der Waals surface area contributed by atoms with Crippen molar-refractivity contribution in [2.24, 2.45) is 0 Å². The summed E-state index contributed by atoms with van der Waals surface area (Å²) in [6, 6.07) is 6.60. The number of rotatable bonds is 5. The van der Waals surface area contributed by atoms with Gasteiger partial charge in [-0.05, 0) is 38.4 Å². The SMILES string of the molecule is CC(C)NC(=O)CN(C)Cc1cccc2c1NCC2. The van der Waals surface area contributed by atoms with Crippen molar-refractivity contribution in [3.63, 3.8) is 0 Å². The Morgan fingerprint density at radius 1 is 1.47 bits per heavy atom. The largest absolute Gasteiger partial charge is 0.384 e. The summed E-state index contributed by atoms with van der Waals surface area (Å²) in [6.07, 6.45) is 1.10. The fraction of sp³-hybridized carbons (Fsp3) is 0.533. The molecule has 0 radical (unpaired) electrons. The molecule has 1 aliphatic rings. The van der Waals surface area contributed by atoms with E-state index in [0.29, 0.717) is 6.54 Å². The maximum atomic E-state index is 11.7. The number of hydrogen-bond acceptors (Lipinski definition) is 3. The smallest absolute Gasteiger partial charge is 0.234 e. The lowest BCUT2D eigenvalue weighted by molar-refractivity contribution is -0.122. The summed E-state index contributed by atoms with van der Waals surface area (Å²) < 4.78 is 0. The predicted molar refractivity (Wildman–Crippen MR) is 78.2 cm³/mol. The van der Waals surface area contributed by atoms with Crippen molar-refractivity contribution in [3.05, 3.63) is 29.3 Å². The number of likely N-dealkylation sites (N-methyl/N-ethyl adjacent to an activating group) is 1. The van der Waals surface area contributed by atoms with E-state index in [4.69, 9.17) is 0 Å². The minimum absolute atomic E-state index is 0.0815. The molecular formula is C15H23N3O. The molecule has 1 aromatic carbocycles. The first-order valence-electron chi connectivity index (χ1n) is 6.89. The van der Waals surface area contributed by atoms with Crippen LogP contribution in [0.2, 0.25) is 0 Å². The molecule has 4 nitrogen and oxygen atoms in total. The standard InChI is InChI=1S/C15H23N3O/c1-11(2)17-14(19)10-18(3)9-13-6-4-5-12-7-8-16-15(12)13/h4-6,11,16H,7-10H2,1-3H3,(H,17,19). The third-order valence-electron chi connectivity index (χ3n) is 3.24. The van der Waals surface area contributed by atoms with Crippen LogP contribution in [0.3, 0.4) is 0 Å². The molecule has 0 atom stereocenters. The van der Waals surface area contributed by atoms with Crippen LogP contribution in [0, 0.1) is 0 Å². The molecule has 19 heavy (non-hydrogen) atoms. The van der Waals surface area contributed by atoms with Crippen LogP contribution >= 0.6 is 0 Å². The average Bonchev–Trinajstić information content (AvgIpc) is 2.76. The number of anilines is 1. The highest BCUT2D eigenvalue weighted by atomic mass is 16.2. The van der Waals surface area contributed by atoms with Crippen LogP contribution in [0.25, 0.3) is 0 Å². The first kappa shape index (κ1) is 13.9. The van der Waals surface area contributed by atoms with Gasteiger partial charge in [0.1, 0.15) is 0 Å². The lowest BCUT2D eigenvalue weighted by Crippen LogP contribution is -2.38. The summed E-state index contributed by atoms with van der Waals surface area (Å²) in [5.41, 5.74) is 3.92. The maximum absolute atomic E-state index is 11.7. The molecule has 0 bridgehead atoms. The Morgan fingerprint density at radius 2 is 2.26 bits per heavy atom. The van der Waals surface area contributed by atoms with Gasteiger partial charge in [-0.15, -0.1) is 0 Å². The fourth-order valence-corrected chi connectivity index (χ4v) is 2.50. The van der Waals surface area contributed by atoms with Gasteiger partial charge in [0.2, 0.25) is 5.91 Å². The van der Waals surface area contributed by atoms with E-state index in [2.05, 4.69) is 28.8 Å². The molecule has 0 aliphatic carbocycles. The molecule has 0 unspecified atom stereocenters. The number of hydrogen-bond donors (Lipinski definition) is 2. The zero-order chi connectivity index (χ0) is 13.8. The highest BCUT2D eigenvalue weighted by Gasteiger charge is 2.15. The van der Waals surface area contributed by atoms with Crippen LogP contribution in [0.5, 0.6) is 0 Å². The van der Waals surface area contributed by atoms with Gasteiger partial charge in [0.15, 0.2) is 0 Å². The first-order chi connectivity index (χ1) is 9.06. The van der Waals surface area contributed by atoms with Gasteiger partial charge in [-0.25, -0.2) is 0 Å². The van der Waals surface area contributed by atoms with Crippen molar-refractivity contribution in [2.45, 2.75) is 32.9 Å². The van der Waals surface area contributed by atoms with Crippen molar-refractivity contribution in [1.29, 1.82) is 0 Å². The number of carbonyl (C=O) groups excluding carboxylic acids is 1. The Morgan fingerprint density at radius 3 is 3.00 bits per heavy atom. The molecule has 0 spiro atoms. The molecule has 2 rings (SSSR count). The van der Waals surface area contributed by atoms with Gasteiger partial charge < -0.3 is 10.6 Å². The van der Waals surface area contributed by atoms with Gasteiger partial charge in [-0.3, -0.25) is 9.69 Å². The lowest BCUT2D eigenvalue weighted by atomic mass is 10.1. The second-order valence-corrected chi connectivity index (χ2v) is 5.52. The van der Waals surface area contributed by atoms with Crippen LogP contribution in [-0.2, 0) is 17.8 Å². The zero-order valence-corrected chi connectivity index (χ0v) is 12.0. The Kier molecular flexibility index (Phi) is 4.43. The first-order valence-corrected chi connectivity index (χ1v) is 6.89. The lowest BCUT2D eigenvalue weighted by Gasteiger charge is -2.19. The molecule has 1 aromatic rings. The van der Waals surface area contributed by atoms with E-state index in [1.165, 1.54) is 16.8 Å². The van der Waals surface area contributed by atoms with E-state index in [9.17, 15) is 4.79 Å². The van der Waals surface area contributed by atoms with Crippen LogP contribution in [0.4, 0.5) is 5.69 Å². The summed E-state index contributed by atoms with van der Waals surface area (Å²) in [5.74, 6) is 0.0815. The number of fused-ring (bicyclic) bond motifs is 1. The number of para-hydroxylation sites is 1. The minimum Gasteiger partial charge on any atom is -0.384 e. The molecule has 0 fully saturated rings. The summed E-state index contributed by atoms with van der Waals surface area (Å²) in [4.78, 5) is 13.8. The molecule has 104 valence electrons. The summed E-state index contributed by atoms with van der Waals surface area (Å²) in [7, 11) is 1.98. The molecule has 1 heterocycles. The second-order valence-electron chi connectivity index (χ2n) is 5.52. The normalized spacial score (nSPS) is 13.5.